The molecule has 1 unspecified atom stereocenters. The van der Waals surface area contributed by atoms with Crippen molar-refractivity contribution < 1.29 is 4.74 Å². The van der Waals surface area contributed by atoms with Gasteiger partial charge >= 0.3 is 0 Å². The summed E-state index contributed by atoms with van der Waals surface area (Å²) in [6, 6.07) is 0. The van der Waals surface area contributed by atoms with Gasteiger partial charge in [-0.05, 0) is 32.7 Å². The number of likely N-dealkylation sites (N-methyl/N-ethyl adjacent to an activating group) is 1. The van der Waals surface area contributed by atoms with Gasteiger partial charge in [-0.25, -0.2) is 4.98 Å². The van der Waals surface area contributed by atoms with E-state index in [-0.39, 0.29) is 0 Å². The Hall–Kier alpha value is -0.650. The number of ether oxygens (including phenoxy) is 1. The summed E-state index contributed by atoms with van der Waals surface area (Å²) in [6.07, 6.45) is 5.96. The Morgan fingerprint density at radius 2 is 2.42 bits per heavy atom. The second-order valence-corrected chi connectivity index (χ2v) is 6.05. The standard InChI is InChI=1S/C14H25N3OS/c1-3-7-15-9-13-10-16-14(19-13)17(4-2)11-12-6-5-8-18-12/h10,12,15H,3-9,11H2,1-2H3. The minimum Gasteiger partial charge on any atom is -0.376 e. The van der Waals surface area contributed by atoms with Crippen LogP contribution in [0, 0.1) is 0 Å². The molecule has 0 spiro atoms. The van der Waals surface area contributed by atoms with Crippen molar-refractivity contribution in [3.8, 4) is 0 Å². The van der Waals surface area contributed by atoms with Crippen LogP contribution in [0.25, 0.3) is 0 Å². The summed E-state index contributed by atoms with van der Waals surface area (Å²) in [5.74, 6) is 0. The lowest BCUT2D eigenvalue weighted by molar-refractivity contribution is 0.115. The Kier molecular flexibility index (Phi) is 6.07. The molecule has 1 aliphatic heterocycles. The van der Waals surface area contributed by atoms with E-state index in [1.165, 1.54) is 24.1 Å². The van der Waals surface area contributed by atoms with E-state index < -0.39 is 0 Å². The molecule has 1 aromatic heterocycles. The van der Waals surface area contributed by atoms with Gasteiger partial charge in [-0.3, -0.25) is 0 Å². The molecule has 1 aliphatic rings. The number of hydrogen-bond donors (Lipinski definition) is 1. The molecule has 2 rings (SSSR count). The number of thiazole rings is 1. The lowest BCUT2D eigenvalue weighted by Crippen LogP contribution is -2.31. The second-order valence-electron chi connectivity index (χ2n) is 4.96. The molecule has 1 aromatic rings. The van der Waals surface area contributed by atoms with Crippen LogP contribution in [0.4, 0.5) is 5.13 Å². The topological polar surface area (TPSA) is 37.4 Å². The van der Waals surface area contributed by atoms with Crippen LogP contribution in [0.2, 0.25) is 0 Å². The quantitative estimate of drug-likeness (QED) is 0.744. The van der Waals surface area contributed by atoms with Gasteiger partial charge in [0.25, 0.3) is 0 Å². The highest BCUT2D eigenvalue weighted by atomic mass is 32.1. The molecule has 1 saturated heterocycles. The van der Waals surface area contributed by atoms with Crippen molar-refractivity contribution in [1.82, 2.24) is 10.3 Å². The lowest BCUT2D eigenvalue weighted by Gasteiger charge is -2.23. The fraction of sp³-hybridized carbons (Fsp3) is 0.786. The number of nitrogens with zero attached hydrogens (tertiary/aromatic N) is 2. The predicted molar refractivity (Wildman–Crippen MR) is 81.0 cm³/mol. The van der Waals surface area contributed by atoms with Crippen LogP contribution in [0.5, 0.6) is 0 Å². The van der Waals surface area contributed by atoms with Gasteiger partial charge in [-0.2, -0.15) is 0 Å². The summed E-state index contributed by atoms with van der Waals surface area (Å²) in [5.41, 5.74) is 0. The van der Waals surface area contributed by atoms with E-state index in [0.29, 0.717) is 6.10 Å². The van der Waals surface area contributed by atoms with Gasteiger partial charge in [-0.15, -0.1) is 11.3 Å². The van der Waals surface area contributed by atoms with Crippen molar-refractivity contribution >= 4 is 16.5 Å². The molecule has 1 N–H and O–H groups in total. The SMILES string of the molecule is CCCNCc1cnc(N(CC)CC2CCCO2)s1. The zero-order chi connectivity index (χ0) is 13.5. The van der Waals surface area contributed by atoms with Gasteiger partial charge < -0.3 is 15.0 Å². The van der Waals surface area contributed by atoms with Gasteiger partial charge in [0.05, 0.1) is 6.10 Å². The zero-order valence-corrected chi connectivity index (χ0v) is 12.8. The molecule has 0 saturated carbocycles. The van der Waals surface area contributed by atoms with Crippen LogP contribution in [-0.4, -0.2) is 37.3 Å². The zero-order valence-electron chi connectivity index (χ0n) is 12.0. The second kappa shape index (κ2) is 7.82. The number of rotatable bonds is 8. The van der Waals surface area contributed by atoms with Crippen molar-refractivity contribution in [3.63, 3.8) is 0 Å². The highest BCUT2D eigenvalue weighted by molar-refractivity contribution is 7.15. The summed E-state index contributed by atoms with van der Waals surface area (Å²) in [4.78, 5) is 8.21. The number of anilines is 1. The first-order valence-electron chi connectivity index (χ1n) is 7.35. The highest BCUT2D eigenvalue weighted by Gasteiger charge is 2.20. The molecule has 0 radical (unpaired) electrons. The molecule has 0 bridgehead atoms. The van der Waals surface area contributed by atoms with E-state index in [1.54, 1.807) is 11.3 Å². The molecule has 19 heavy (non-hydrogen) atoms. The summed E-state index contributed by atoms with van der Waals surface area (Å²) < 4.78 is 5.72. The first-order valence-corrected chi connectivity index (χ1v) is 8.17. The van der Waals surface area contributed by atoms with Gasteiger partial charge in [0.1, 0.15) is 0 Å². The molecule has 1 atom stereocenters. The van der Waals surface area contributed by atoms with E-state index in [9.17, 15) is 0 Å². The first-order chi connectivity index (χ1) is 9.33. The Morgan fingerprint density at radius 1 is 1.53 bits per heavy atom. The Labute approximate surface area is 120 Å². The number of nitrogens with one attached hydrogen (secondary N) is 1. The molecule has 0 aromatic carbocycles. The summed E-state index contributed by atoms with van der Waals surface area (Å²) in [6.45, 7) is 9.27. The van der Waals surface area contributed by atoms with E-state index >= 15 is 0 Å². The highest BCUT2D eigenvalue weighted by Crippen LogP contribution is 2.24. The van der Waals surface area contributed by atoms with Crippen molar-refractivity contribution in [2.24, 2.45) is 0 Å². The third kappa shape index (κ3) is 4.44. The molecule has 4 nitrogen and oxygen atoms in total. The van der Waals surface area contributed by atoms with Crippen LogP contribution in [0.15, 0.2) is 6.20 Å². The molecule has 1 fully saturated rings. The number of hydrogen-bond acceptors (Lipinski definition) is 5. The molecule has 108 valence electrons. The minimum atomic E-state index is 0.394. The van der Waals surface area contributed by atoms with Crippen molar-refractivity contribution in [1.29, 1.82) is 0 Å². The molecular formula is C14H25N3OS. The summed E-state index contributed by atoms with van der Waals surface area (Å²) >= 11 is 1.80. The predicted octanol–water partition coefficient (Wildman–Crippen LogP) is 2.65. The Balaban J connectivity index is 1.86. The van der Waals surface area contributed by atoms with E-state index in [4.69, 9.17) is 4.74 Å². The molecule has 5 heteroatoms. The summed E-state index contributed by atoms with van der Waals surface area (Å²) in [7, 11) is 0. The van der Waals surface area contributed by atoms with Gasteiger partial charge in [0, 0.05) is 37.3 Å². The molecule has 0 aliphatic carbocycles. The Morgan fingerprint density at radius 3 is 3.11 bits per heavy atom. The van der Waals surface area contributed by atoms with E-state index in [0.717, 1.165) is 37.9 Å². The summed E-state index contributed by atoms with van der Waals surface area (Å²) in [5, 5.41) is 4.55. The van der Waals surface area contributed by atoms with Crippen LogP contribution in [0.1, 0.15) is 38.0 Å². The van der Waals surface area contributed by atoms with Gasteiger partial charge in [0.2, 0.25) is 0 Å². The largest absolute Gasteiger partial charge is 0.376 e. The van der Waals surface area contributed by atoms with Gasteiger partial charge in [0.15, 0.2) is 5.13 Å². The maximum atomic E-state index is 5.72. The van der Waals surface area contributed by atoms with Crippen molar-refractivity contribution in [2.75, 3.05) is 31.1 Å². The first kappa shape index (κ1) is 14.8. The van der Waals surface area contributed by atoms with Crippen molar-refractivity contribution in [2.45, 2.75) is 45.8 Å². The lowest BCUT2D eigenvalue weighted by atomic mass is 10.2. The molecule has 2 heterocycles. The van der Waals surface area contributed by atoms with Crippen LogP contribution in [-0.2, 0) is 11.3 Å². The van der Waals surface area contributed by atoms with Gasteiger partial charge in [-0.1, -0.05) is 6.92 Å². The maximum absolute atomic E-state index is 5.72. The molecule has 0 amide bonds. The van der Waals surface area contributed by atoms with Crippen molar-refractivity contribution in [3.05, 3.63) is 11.1 Å². The average molecular weight is 283 g/mol. The number of aromatic nitrogens is 1. The third-order valence-electron chi connectivity index (χ3n) is 3.37. The average Bonchev–Trinajstić information content (AvgIpc) is 3.07. The minimum absolute atomic E-state index is 0.394. The maximum Gasteiger partial charge on any atom is 0.185 e. The Bertz CT molecular complexity index is 363. The normalized spacial score (nSPS) is 18.9. The third-order valence-corrected chi connectivity index (χ3v) is 4.43. The van der Waals surface area contributed by atoms with Crippen LogP contribution in [0.3, 0.4) is 0 Å². The van der Waals surface area contributed by atoms with E-state index in [1.807, 2.05) is 6.20 Å². The smallest absolute Gasteiger partial charge is 0.185 e. The van der Waals surface area contributed by atoms with E-state index in [2.05, 4.69) is 29.0 Å². The van der Waals surface area contributed by atoms with Crippen LogP contribution >= 0.6 is 11.3 Å². The molecular weight excluding hydrogens is 258 g/mol. The fourth-order valence-corrected chi connectivity index (χ4v) is 3.24. The van der Waals surface area contributed by atoms with Crippen LogP contribution < -0.4 is 10.2 Å². The monoisotopic (exact) mass is 283 g/mol. The fourth-order valence-electron chi connectivity index (χ4n) is 2.29.